The van der Waals surface area contributed by atoms with Crippen LogP contribution < -0.4 is 40.0 Å². The summed E-state index contributed by atoms with van der Waals surface area (Å²) >= 11 is 9.10. The molecule has 0 aromatic carbocycles. The average molecular weight is 518 g/mol. The summed E-state index contributed by atoms with van der Waals surface area (Å²) in [4.78, 5) is 42.6. The average Bonchev–Trinajstić information content (AvgIpc) is 3.41. The molecule has 0 radical (unpaired) electrons. The molecule has 32 heavy (non-hydrogen) atoms. The van der Waals surface area contributed by atoms with Crippen LogP contribution in [0.25, 0.3) is 5.57 Å². The molecule has 0 unspecified atom stereocenters. The number of carbonyl (C=O) groups is 3. The van der Waals surface area contributed by atoms with Gasteiger partial charge in [-0.1, -0.05) is 18.3 Å². The number of β-lactam (4-membered cyclic amide) rings is 1. The van der Waals surface area contributed by atoms with Gasteiger partial charge in [0.1, 0.15) is 16.4 Å². The van der Waals surface area contributed by atoms with Gasteiger partial charge in [-0.25, -0.2) is 4.98 Å². The van der Waals surface area contributed by atoms with Crippen LogP contribution in [-0.4, -0.2) is 55.0 Å². The number of thioether (sulfide) groups is 1. The number of thiophene rings is 1. The quantitative estimate of drug-likeness (QED) is 0.241. The number of nitrogens with zero attached hydrogens (tertiary/aromatic N) is 2. The van der Waals surface area contributed by atoms with E-state index in [1.54, 1.807) is 5.38 Å². The van der Waals surface area contributed by atoms with Crippen LogP contribution in [0.3, 0.4) is 0 Å². The Labute approximate surface area is 223 Å². The number of aliphatic carboxylic acids is 1. The maximum atomic E-state index is 12.8. The molecule has 2 amide bonds. The normalized spacial score (nSPS) is 19.6. The van der Waals surface area contributed by atoms with Crippen LogP contribution in [0.5, 0.6) is 0 Å². The Kier molecular flexibility index (Phi) is 8.53. The van der Waals surface area contributed by atoms with E-state index in [2.05, 4.69) is 10.3 Å². The third-order valence-corrected chi connectivity index (χ3v) is 8.10. The van der Waals surface area contributed by atoms with E-state index >= 15 is 0 Å². The minimum atomic E-state index is -0.912. The van der Waals surface area contributed by atoms with Gasteiger partial charge >= 0.3 is 35.5 Å². The van der Waals surface area contributed by atoms with Gasteiger partial charge in [0.05, 0.1) is 24.2 Å². The number of nitrogens with one attached hydrogen (secondary N) is 1. The van der Waals surface area contributed by atoms with Gasteiger partial charge in [-0.05, 0) is 16.5 Å². The molecular formula is C19H16N3NaO5S4. The number of hydrogen-bond donors (Lipinski definition) is 2. The largest absolute Gasteiger partial charge is 1.00 e. The molecule has 2 aliphatic rings. The van der Waals surface area contributed by atoms with Crippen molar-refractivity contribution >= 4 is 75.1 Å². The SMILES string of the molecule is O=C(O)CCc1csc(C2=C(C([O-])=S)N3C(=O)[C@@H](NC(=O)Cc4cccs4)[C@H]3SC2)n1.[Na+]. The molecule has 2 aromatic heterocycles. The number of hydrogen-bond acceptors (Lipinski definition) is 9. The van der Waals surface area contributed by atoms with Crippen molar-refractivity contribution in [2.45, 2.75) is 30.7 Å². The van der Waals surface area contributed by atoms with Gasteiger partial charge in [0.15, 0.2) is 0 Å². The number of thiazole rings is 1. The van der Waals surface area contributed by atoms with Gasteiger partial charge in [-0.2, -0.15) is 0 Å². The Hall–Kier alpha value is -1.28. The van der Waals surface area contributed by atoms with E-state index in [9.17, 15) is 19.5 Å². The molecule has 2 atom stereocenters. The summed E-state index contributed by atoms with van der Waals surface area (Å²) in [5.74, 6) is -1.12. The summed E-state index contributed by atoms with van der Waals surface area (Å²) in [6.07, 6.45) is 0.446. The number of aromatic nitrogens is 1. The fraction of sp³-hybridized carbons (Fsp3) is 0.316. The maximum absolute atomic E-state index is 12.8. The first-order valence-electron chi connectivity index (χ1n) is 9.22. The van der Waals surface area contributed by atoms with Gasteiger partial charge in [-0.15, -0.1) is 34.4 Å². The molecule has 2 aromatic rings. The van der Waals surface area contributed by atoms with E-state index < -0.39 is 22.4 Å². The number of aryl methyl sites for hydroxylation is 1. The van der Waals surface area contributed by atoms with Crippen molar-refractivity contribution in [3.8, 4) is 0 Å². The second-order valence-electron chi connectivity index (χ2n) is 6.86. The molecule has 2 aliphatic heterocycles. The fourth-order valence-corrected chi connectivity index (χ4v) is 6.63. The molecule has 4 heterocycles. The number of rotatable bonds is 8. The standard InChI is InChI=1S/C19H17N3O5S4.Na/c23-12(6-10-2-1-5-29-10)21-14-17(26)22-15(19(27)28)11(8-31-18(14)22)16-20-9(7-30-16)3-4-13(24)25;/h1-2,5,7,14,18H,3-4,6,8H2,(H,21,23)(H,24,25)(H,27,28);/q;+1/p-1/t14-,18-;/m1./s1. The number of carboxylic acids is 1. The Balaban J connectivity index is 0.00000289. The van der Waals surface area contributed by atoms with Crippen molar-refractivity contribution in [3.05, 3.63) is 44.2 Å². The fourth-order valence-electron chi connectivity index (χ4n) is 3.36. The molecule has 162 valence electrons. The van der Waals surface area contributed by atoms with Crippen LogP contribution >= 0.6 is 46.7 Å². The first-order chi connectivity index (χ1) is 14.8. The zero-order valence-electron chi connectivity index (χ0n) is 16.9. The monoisotopic (exact) mass is 517 g/mol. The minimum Gasteiger partial charge on any atom is -0.863 e. The topological polar surface area (TPSA) is 123 Å². The summed E-state index contributed by atoms with van der Waals surface area (Å²) in [5, 5.41) is 27.0. The van der Waals surface area contributed by atoms with Crippen molar-refractivity contribution < 1.29 is 54.2 Å². The molecule has 0 aliphatic carbocycles. The number of fused-ring (bicyclic) bond motifs is 1. The first-order valence-corrected chi connectivity index (χ1v) is 12.4. The molecule has 4 rings (SSSR count). The second kappa shape index (κ2) is 10.8. The Morgan fingerprint density at radius 3 is 2.81 bits per heavy atom. The van der Waals surface area contributed by atoms with E-state index in [1.165, 1.54) is 39.3 Å². The number of carboxylic acid groups (broad SMARTS) is 1. The van der Waals surface area contributed by atoms with E-state index in [4.69, 9.17) is 17.3 Å². The van der Waals surface area contributed by atoms with Crippen LogP contribution in [0.1, 0.15) is 22.0 Å². The van der Waals surface area contributed by atoms with Crippen molar-refractivity contribution in [2.24, 2.45) is 0 Å². The summed E-state index contributed by atoms with van der Waals surface area (Å²) in [7, 11) is 0. The summed E-state index contributed by atoms with van der Waals surface area (Å²) in [6.45, 7) is 0. The molecule has 8 nitrogen and oxygen atoms in total. The molecule has 0 saturated carbocycles. The van der Waals surface area contributed by atoms with Gasteiger partial charge in [-0.3, -0.25) is 19.3 Å². The molecule has 0 spiro atoms. The second-order valence-corrected chi connectivity index (χ2v) is 10.2. The van der Waals surface area contributed by atoms with E-state index in [0.717, 1.165) is 4.88 Å². The number of carbonyl (C=O) groups excluding carboxylic acids is 2. The smallest absolute Gasteiger partial charge is 0.863 e. The van der Waals surface area contributed by atoms with Crippen molar-refractivity contribution in [3.63, 3.8) is 0 Å². The van der Waals surface area contributed by atoms with Crippen molar-refractivity contribution in [1.29, 1.82) is 0 Å². The van der Waals surface area contributed by atoms with E-state index in [-0.39, 0.29) is 66.3 Å². The summed E-state index contributed by atoms with van der Waals surface area (Å²) in [5.41, 5.74) is 1.32. The Bertz CT molecular complexity index is 1080. The number of amides is 2. The van der Waals surface area contributed by atoms with Crippen molar-refractivity contribution in [2.75, 3.05) is 5.75 Å². The molecule has 13 heteroatoms. The third-order valence-electron chi connectivity index (χ3n) is 4.80. The summed E-state index contributed by atoms with van der Waals surface area (Å²) < 4.78 is 0. The van der Waals surface area contributed by atoms with E-state index in [0.29, 0.717) is 22.0 Å². The predicted octanol–water partition coefficient (Wildman–Crippen LogP) is -1.73. The van der Waals surface area contributed by atoms with Gasteiger partial charge in [0.2, 0.25) is 5.91 Å². The molecule has 2 N–H and O–H groups in total. The number of thiocarbonyl (C=S) groups is 1. The van der Waals surface area contributed by atoms with Crippen LogP contribution in [0.2, 0.25) is 0 Å². The van der Waals surface area contributed by atoms with Gasteiger partial charge < -0.3 is 15.5 Å². The Morgan fingerprint density at radius 1 is 1.38 bits per heavy atom. The minimum absolute atomic E-state index is 0. The summed E-state index contributed by atoms with van der Waals surface area (Å²) in [6, 6.07) is 3.02. The zero-order valence-corrected chi connectivity index (χ0v) is 22.2. The van der Waals surface area contributed by atoms with Gasteiger partial charge in [0.25, 0.3) is 5.91 Å². The van der Waals surface area contributed by atoms with E-state index in [1.807, 2.05) is 17.5 Å². The van der Waals surface area contributed by atoms with Crippen LogP contribution in [0.4, 0.5) is 0 Å². The third kappa shape index (κ3) is 5.27. The van der Waals surface area contributed by atoms with Gasteiger partial charge in [0, 0.05) is 28.0 Å². The first kappa shape index (κ1) is 25.3. The molecule has 0 bridgehead atoms. The molecule has 1 saturated heterocycles. The molecule has 1 fully saturated rings. The zero-order chi connectivity index (χ0) is 22.1. The van der Waals surface area contributed by atoms with Crippen LogP contribution in [-0.2, 0) is 27.2 Å². The Morgan fingerprint density at radius 2 is 2.16 bits per heavy atom. The van der Waals surface area contributed by atoms with Crippen LogP contribution in [0, 0.1) is 0 Å². The maximum Gasteiger partial charge on any atom is 1.00 e. The molecular weight excluding hydrogens is 501 g/mol. The van der Waals surface area contributed by atoms with Crippen molar-refractivity contribution in [1.82, 2.24) is 15.2 Å². The predicted molar refractivity (Wildman–Crippen MR) is 121 cm³/mol. The van der Waals surface area contributed by atoms with Crippen LogP contribution in [0.15, 0.2) is 28.6 Å².